The molecular weight excluding hydrogens is 478 g/mol. The van der Waals surface area contributed by atoms with Crippen molar-refractivity contribution in [3.63, 3.8) is 0 Å². The Morgan fingerprint density at radius 3 is 2.00 bits per heavy atom. The largest absolute Gasteiger partial charge is 0.334 e. The van der Waals surface area contributed by atoms with Gasteiger partial charge in [0, 0.05) is 28.1 Å². The third-order valence-corrected chi connectivity index (χ3v) is 8.57. The number of nitrogens with zero attached hydrogens (tertiary/aromatic N) is 1. The highest BCUT2D eigenvalue weighted by molar-refractivity contribution is 5.96. The number of Topliss-reactive ketones (excluding diaryl/α,β-unsaturated/α-hetero) is 2. The van der Waals surface area contributed by atoms with E-state index in [9.17, 15) is 9.59 Å². The lowest BCUT2D eigenvalue weighted by Gasteiger charge is -2.30. The predicted octanol–water partition coefficient (Wildman–Crippen LogP) is 8.28. The van der Waals surface area contributed by atoms with Gasteiger partial charge >= 0.3 is 0 Å². The van der Waals surface area contributed by atoms with E-state index in [0.717, 1.165) is 17.0 Å². The number of hydrogen-bond donors (Lipinski definition) is 0. The third-order valence-electron chi connectivity index (χ3n) is 8.57. The van der Waals surface area contributed by atoms with Gasteiger partial charge in [0.1, 0.15) is 5.78 Å². The molecule has 3 nitrogen and oxygen atoms in total. The number of hydrogen-bond acceptors (Lipinski definition) is 3. The Kier molecular flexibility index (Phi) is 7.84. The lowest BCUT2D eigenvalue weighted by molar-refractivity contribution is -0.119. The average molecular weight is 520 g/mol. The first-order valence-electron chi connectivity index (χ1n) is 13.9. The summed E-state index contributed by atoms with van der Waals surface area (Å²) >= 11 is 0. The van der Waals surface area contributed by atoms with Gasteiger partial charge in [-0.3, -0.25) is 9.59 Å². The van der Waals surface area contributed by atoms with Gasteiger partial charge in [-0.15, -0.1) is 0 Å². The second-order valence-corrected chi connectivity index (χ2v) is 11.8. The van der Waals surface area contributed by atoms with Crippen molar-refractivity contribution in [2.75, 3.05) is 4.90 Å². The second kappa shape index (κ2) is 10.8. The first-order chi connectivity index (χ1) is 18.4. The van der Waals surface area contributed by atoms with E-state index in [2.05, 4.69) is 93.3 Å². The average Bonchev–Trinajstić information content (AvgIpc) is 3.26. The maximum atomic E-state index is 12.4. The van der Waals surface area contributed by atoms with Gasteiger partial charge in [-0.1, -0.05) is 114 Å². The Bertz CT molecular complexity index is 1440. The van der Waals surface area contributed by atoms with Crippen LogP contribution in [-0.4, -0.2) is 17.6 Å². The van der Waals surface area contributed by atoms with Gasteiger partial charge in [0.05, 0.1) is 6.04 Å². The lowest BCUT2D eigenvalue weighted by Crippen LogP contribution is -2.38. The molecule has 0 N–H and O–H groups in total. The van der Waals surface area contributed by atoms with Crippen LogP contribution < -0.4 is 4.90 Å². The van der Waals surface area contributed by atoms with Crippen LogP contribution in [0.1, 0.15) is 72.1 Å². The number of allylic oxidation sites excluding steroid dienone is 10. The highest BCUT2D eigenvalue weighted by Crippen LogP contribution is 2.50. The Labute approximate surface area is 234 Å². The van der Waals surface area contributed by atoms with E-state index in [4.69, 9.17) is 0 Å². The van der Waals surface area contributed by atoms with Crippen LogP contribution in [0.2, 0.25) is 0 Å². The van der Waals surface area contributed by atoms with Gasteiger partial charge in [-0.2, -0.15) is 0 Å². The number of benzene rings is 2. The van der Waals surface area contributed by atoms with Crippen LogP contribution in [0.15, 0.2) is 102 Å². The zero-order chi connectivity index (χ0) is 28.5. The molecular formula is C36H41NO2. The summed E-state index contributed by atoms with van der Waals surface area (Å²) in [5.41, 5.74) is 7.88. The first-order valence-corrected chi connectivity index (χ1v) is 13.9. The topological polar surface area (TPSA) is 37.4 Å². The number of fused-ring (bicyclic) bond motifs is 2. The van der Waals surface area contributed by atoms with Crippen molar-refractivity contribution in [1.82, 2.24) is 0 Å². The van der Waals surface area contributed by atoms with Crippen LogP contribution in [0.3, 0.4) is 0 Å². The Balaban J connectivity index is 1.59. The van der Waals surface area contributed by atoms with Gasteiger partial charge in [0.2, 0.25) is 0 Å². The molecule has 0 bridgehead atoms. The van der Waals surface area contributed by atoms with Gasteiger partial charge in [0.25, 0.3) is 0 Å². The fraction of sp³-hybridized carbons (Fsp3) is 0.333. The van der Waals surface area contributed by atoms with Crippen molar-refractivity contribution in [2.45, 2.75) is 72.3 Å². The van der Waals surface area contributed by atoms with E-state index in [-0.39, 0.29) is 34.4 Å². The molecule has 0 spiro atoms. The zero-order valence-corrected chi connectivity index (χ0v) is 24.6. The quantitative estimate of drug-likeness (QED) is 0.329. The molecule has 2 aliphatic rings. The van der Waals surface area contributed by atoms with Crippen molar-refractivity contribution in [2.24, 2.45) is 5.92 Å². The van der Waals surface area contributed by atoms with Crippen LogP contribution >= 0.6 is 0 Å². The standard InChI is InChI=1S/C36H41NO2/c1-24(26(3)38)34-28-18-14-15-19-29(28)35(5,6)31(34)21-12-10-9-11-13-23-33-36(7,8)30-20-16-17-22-32(30)37(33)25(2)27(4)39/h9-25H,1-8H3/b10-9+,13-11+,21-12+,33-23-. The van der Waals surface area contributed by atoms with Crippen LogP contribution in [0, 0.1) is 5.92 Å². The monoisotopic (exact) mass is 519 g/mol. The SMILES string of the molecule is CC(=O)C(C)C1=C(/C=C/C=C/C=C/C=C2\N(C(C)C(C)=O)c3ccccc3C2(C)C)C(C)(C)c2ccccc21. The minimum Gasteiger partial charge on any atom is -0.334 e. The van der Waals surface area contributed by atoms with E-state index < -0.39 is 0 Å². The molecule has 1 heterocycles. The minimum atomic E-state index is -0.232. The summed E-state index contributed by atoms with van der Waals surface area (Å²) in [6.07, 6.45) is 14.5. The number of para-hydroxylation sites is 1. The molecule has 39 heavy (non-hydrogen) atoms. The van der Waals surface area contributed by atoms with Crippen molar-refractivity contribution in [1.29, 1.82) is 0 Å². The molecule has 0 saturated heterocycles. The zero-order valence-electron chi connectivity index (χ0n) is 24.6. The van der Waals surface area contributed by atoms with Gasteiger partial charge in [-0.25, -0.2) is 0 Å². The molecule has 0 aromatic heterocycles. The molecule has 0 amide bonds. The summed E-state index contributed by atoms with van der Waals surface area (Å²) in [5.74, 6) is 0.175. The summed E-state index contributed by atoms with van der Waals surface area (Å²) in [5, 5.41) is 0. The van der Waals surface area contributed by atoms with Crippen LogP contribution in [-0.2, 0) is 20.4 Å². The minimum absolute atomic E-state index is 0.146. The molecule has 2 aromatic carbocycles. The molecule has 0 radical (unpaired) electrons. The van der Waals surface area contributed by atoms with Gasteiger partial charge in [-0.05, 0) is 60.8 Å². The normalized spacial score (nSPS) is 20.3. The number of carbonyl (C=O) groups is 2. The van der Waals surface area contributed by atoms with Crippen molar-refractivity contribution in [3.05, 3.63) is 119 Å². The van der Waals surface area contributed by atoms with E-state index >= 15 is 0 Å². The van der Waals surface area contributed by atoms with Crippen molar-refractivity contribution < 1.29 is 9.59 Å². The van der Waals surface area contributed by atoms with Crippen LogP contribution in [0.5, 0.6) is 0 Å². The molecule has 2 atom stereocenters. The molecule has 4 rings (SSSR count). The second-order valence-electron chi connectivity index (χ2n) is 11.8. The Morgan fingerprint density at radius 1 is 0.744 bits per heavy atom. The van der Waals surface area contributed by atoms with E-state index in [1.807, 2.05) is 44.2 Å². The molecule has 2 aromatic rings. The summed E-state index contributed by atoms with van der Waals surface area (Å²) in [6, 6.07) is 16.6. The highest BCUT2D eigenvalue weighted by atomic mass is 16.1. The fourth-order valence-electron chi connectivity index (χ4n) is 6.02. The summed E-state index contributed by atoms with van der Waals surface area (Å²) in [4.78, 5) is 26.9. The smallest absolute Gasteiger partial charge is 0.152 e. The number of rotatable bonds is 8. The van der Waals surface area contributed by atoms with Gasteiger partial charge < -0.3 is 4.90 Å². The van der Waals surface area contributed by atoms with E-state index in [0.29, 0.717) is 0 Å². The van der Waals surface area contributed by atoms with Crippen molar-refractivity contribution >= 4 is 22.8 Å². The maximum absolute atomic E-state index is 12.4. The van der Waals surface area contributed by atoms with Crippen LogP contribution in [0.4, 0.5) is 5.69 Å². The van der Waals surface area contributed by atoms with E-state index in [1.54, 1.807) is 13.8 Å². The molecule has 1 aliphatic carbocycles. The molecule has 0 fully saturated rings. The fourth-order valence-corrected chi connectivity index (χ4v) is 6.02. The van der Waals surface area contributed by atoms with Crippen LogP contribution in [0.25, 0.3) is 5.57 Å². The Morgan fingerprint density at radius 2 is 1.33 bits per heavy atom. The lowest BCUT2D eigenvalue weighted by atomic mass is 9.80. The first kappa shape index (κ1) is 28.3. The number of anilines is 1. The van der Waals surface area contributed by atoms with Gasteiger partial charge in [0.15, 0.2) is 5.78 Å². The predicted molar refractivity (Wildman–Crippen MR) is 164 cm³/mol. The summed E-state index contributed by atoms with van der Waals surface area (Å²) in [6.45, 7) is 16.2. The van der Waals surface area contributed by atoms with E-state index in [1.165, 1.54) is 22.3 Å². The molecule has 2 unspecified atom stereocenters. The number of carbonyl (C=O) groups excluding carboxylic acids is 2. The summed E-state index contributed by atoms with van der Waals surface area (Å²) < 4.78 is 0. The molecule has 0 saturated carbocycles. The highest BCUT2D eigenvalue weighted by Gasteiger charge is 2.42. The van der Waals surface area contributed by atoms with Crippen molar-refractivity contribution in [3.8, 4) is 0 Å². The molecule has 1 aliphatic heterocycles. The molecule has 3 heteroatoms. The Hall–Kier alpha value is -3.72. The third kappa shape index (κ3) is 5.03. The molecule has 202 valence electrons. The maximum Gasteiger partial charge on any atom is 0.152 e. The summed E-state index contributed by atoms with van der Waals surface area (Å²) in [7, 11) is 0. The number of ketones is 2.